The second-order valence-corrected chi connectivity index (χ2v) is 6.04. The van der Waals surface area contributed by atoms with Gasteiger partial charge in [-0.05, 0) is 48.0 Å². The molecule has 2 aromatic carbocycles. The van der Waals surface area contributed by atoms with E-state index in [1.807, 2.05) is 24.3 Å². The van der Waals surface area contributed by atoms with Gasteiger partial charge in [0.2, 0.25) is 5.88 Å². The number of rotatable bonds is 5. The zero-order valence-corrected chi connectivity index (χ0v) is 14.7. The first-order valence-corrected chi connectivity index (χ1v) is 8.55. The van der Waals surface area contributed by atoms with Crippen molar-refractivity contribution in [2.45, 2.75) is 12.5 Å². The fourth-order valence-electron chi connectivity index (χ4n) is 2.86. The Kier molecular flexibility index (Phi) is 4.61. The first kappa shape index (κ1) is 16.9. The summed E-state index contributed by atoms with van der Waals surface area (Å²) in [6.07, 6.45) is 1.57. The van der Waals surface area contributed by atoms with E-state index in [4.69, 9.17) is 14.2 Å². The van der Waals surface area contributed by atoms with E-state index in [1.165, 1.54) is 0 Å². The highest BCUT2D eigenvalue weighted by Gasteiger charge is 2.29. The number of carbonyl (C=O) groups excluding carboxylic acids is 1. The van der Waals surface area contributed by atoms with Gasteiger partial charge >= 0.3 is 0 Å². The van der Waals surface area contributed by atoms with Crippen molar-refractivity contribution in [2.24, 2.45) is 0 Å². The quantitative estimate of drug-likeness (QED) is 0.747. The summed E-state index contributed by atoms with van der Waals surface area (Å²) >= 11 is 0. The Morgan fingerprint density at radius 3 is 2.63 bits per heavy atom. The highest BCUT2D eigenvalue weighted by Crippen LogP contribution is 2.31. The third kappa shape index (κ3) is 3.69. The van der Waals surface area contributed by atoms with Gasteiger partial charge < -0.3 is 19.5 Å². The summed E-state index contributed by atoms with van der Waals surface area (Å²) in [5, 5.41) is 2.85. The highest BCUT2D eigenvalue weighted by molar-refractivity contribution is 5.96. The van der Waals surface area contributed by atoms with Crippen LogP contribution in [-0.4, -0.2) is 24.1 Å². The summed E-state index contributed by atoms with van der Waals surface area (Å²) in [4.78, 5) is 16.9. The largest absolute Gasteiger partial charge is 0.497 e. The van der Waals surface area contributed by atoms with Gasteiger partial charge in [0.15, 0.2) is 6.10 Å². The van der Waals surface area contributed by atoms with Crippen LogP contribution in [0.1, 0.15) is 5.56 Å². The summed E-state index contributed by atoms with van der Waals surface area (Å²) in [6.45, 7) is 0. The van der Waals surface area contributed by atoms with Crippen molar-refractivity contribution in [1.82, 2.24) is 4.98 Å². The number of fused-ring (bicyclic) bond motifs is 1. The van der Waals surface area contributed by atoms with E-state index in [9.17, 15) is 4.79 Å². The van der Waals surface area contributed by atoms with Crippen LogP contribution in [0.3, 0.4) is 0 Å². The fourth-order valence-corrected chi connectivity index (χ4v) is 2.86. The number of hydrogen-bond acceptors (Lipinski definition) is 5. The fraction of sp³-hybridized carbons (Fsp3) is 0.143. The van der Waals surface area contributed by atoms with E-state index in [-0.39, 0.29) is 5.91 Å². The monoisotopic (exact) mass is 362 g/mol. The van der Waals surface area contributed by atoms with Crippen molar-refractivity contribution in [1.29, 1.82) is 0 Å². The molecule has 0 spiro atoms. The molecular formula is C21H18N2O4. The summed E-state index contributed by atoms with van der Waals surface area (Å²) in [6, 6.07) is 18.3. The molecule has 0 saturated heterocycles. The minimum atomic E-state index is -0.573. The van der Waals surface area contributed by atoms with Gasteiger partial charge in [0.1, 0.15) is 22.9 Å². The molecule has 4 rings (SSSR count). The molecule has 1 aliphatic heterocycles. The summed E-state index contributed by atoms with van der Waals surface area (Å²) in [5.74, 6) is 2.15. The zero-order chi connectivity index (χ0) is 18.6. The molecule has 136 valence electrons. The van der Waals surface area contributed by atoms with E-state index in [0.717, 1.165) is 17.1 Å². The van der Waals surface area contributed by atoms with E-state index in [2.05, 4.69) is 10.3 Å². The van der Waals surface area contributed by atoms with Gasteiger partial charge in [0.25, 0.3) is 5.91 Å². The predicted octanol–water partition coefficient (Wildman–Crippen LogP) is 3.82. The molecule has 27 heavy (non-hydrogen) atoms. The van der Waals surface area contributed by atoms with Crippen LogP contribution in [0, 0.1) is 0 Å². The van der Waals surface area contributed by atoms with E-state index < -0.39 is 6.10 Å². The minimum absolute atomic E-state index is 0.237. The highest BCUT2D eigenvalue weighted by atomic mass is 16.5. The Labute approximate surface area is 156 Å². The van der Waals surface area contributed by atoms with Crippen LogP contribution >= 0.6 is 0 Å². The Morgan fingerprint density at radius 2 is 1.85 bits per heavy atom. The van der Waals surface area contributed by atoms with Crippen molar-refractivity contribution in [3.05, 3.63) is 72.4 Å². The van der Waals surface area contributed by atoms with Crippen LogP contribution < -0.4 is 19.5 Å². The molecule has 1 aromatic heterocycles. The number of nitrogens with one attached hydrogen (secondary N) is 1. The molecule has 0 saturated carbocycles. The number of anilines is 1. The smallest absolute Gasteiger partial charge is 0.265 e. The molecule has 1 amide bonds. The molecular weight excluding hydrogens is 344 g/mol. The zero-order valence-electron chi connectivity index (χ0n) is 14.7. The number of carbonyl (C=O) groups is 1. The third-order valence-electron chi connectivity index (χ3n) is 4.24. The van der Waals surface area contributed by atoms with Crippen LogP contribution in [0.5, 0.6) is 23.1 Å². The summed E-state index contributed by atoms with van der Waals surface area (Å²) in [7, 11) is 1.60. The molecule has 6 nitrogen and oxygen atoms in total. The predicted molar refractivity (Wildman–Crippen MR) is 100 cm³/mol. The van der Waals surface area contributed by atoms with Gasteiger partial charge in [-0.25, -0.2) is 4.98 Å². The maximum atomic E-state index is 12.6. The Morgan fingerprint density at radius 1 is 1.07 bits per heavy atom. The maximum Gasteiger partial charge on any atom is 0.265 e. The Hall–Kier alpha value is -3.54. The Balaban J connectivity index is 1.47. The average Bonchev–Trinajstić information content (AvgIpc) is 3.14. The number of pyridine rings is 1. The van der Waals surface area contributed by atoms with Gasteiger partial charge in [-0.2, -0.15) is 0 Å². The molecule has 0 radical (unpaired) electrons. The number of ether oxygens (including phenoxy) is 3. The molecule has 6 heteroatoms. The first-order chi connectivity index (χ1) is 13.2. The van der Waals surface area contributed by atoms with E-state index in [1.54, 1.807) is 49.7 Å². The lowest BCUT2D eigenvalue weighted by Crippen LogP contribution is -2.31. The third-order valence-corrected chi connectivity index (χ3v) is 4.24. The topological polar surface area (TPSA) is 69.7 Å². The number of aromatic nitrogens is 1. The van der Waals surface area contributed by atoms with E-state index >= 15 is 0 Å². The number of nitrogens with zero attached hydrogens (tertiary/aromatic N) is 1. The lowest BCUT2D eigenvalue weighted by atomic mass is 10.1. The number of amides is 1. The molecule has 1 unspecified atom stereocenters. The lowest BCUT2D eigenvalue weighted by molar-refractivity contribution is -0.122. The molecule has 3 aromatic rings. The molecule has 1 N–H and O–H groups in total. The maximum absolute atomic E-state index is 12.6. The van der Waals surface area contributed by atoms with Crippen LogP contribution in [0.25, 0.3) is 0 Å². The standard InChI is InChI=1S/C21H18N2O4/c1-25-15-8-10-16(11-9-15)26-21-17(6-4-12-22-21)23-20(24)19-13-14-5-2-3-7-18(14)27-19/h2-12,19H,13H2,1H3,(H,23,24). The van der Waals surface area contributed by atoms with Gasteiger partial charge in [-0.3, -0.25) is 4.79 Å². The molecule has 0 bridgehead atoms. The van der Waals surface area contributed by atoms with Crippen molar-refractivity contribution in [3.63, 3.8) is 0 Å². The van der Waals surface area contributed by atoms with Gasteiger partial charge in [0.05, 0.1) is 7.11 Å². The van der Waals surface area contributed by atoms with Gasteiger partial charge in [-0.15, -0.1) is 0 Å². The molecule has 1 aliphatic rings. The normalized spacial score (nSPS) is 14.8. The number of hydrogen-bond donors (Lipinski definition) is 1. The summed E-state index contributed by atoms with van der Waals surface area (Å²) in [5.41, 5.74) is 1.51. The summed E-state index contributed by atoms with van der Waals surface area (Å²) < 4.78 is 16.7. The number of methoxy groups -OCH3 is 1. The molecule has 2 heterocycles. The minimum Gasteiger partial charge on any atom is -0.497 e. The van der Waals surface area contributed by atoms with Crippen molar-refractivity contribution >= 4 is 11.6 Å². The molecule has 0 fully saturated rings. The van der Waals surface area contributed by atoms with Crippen LogP contribution in [0.15, 0.2) is 66.9 Å². The average molecular weight is 362 g/mol. The van der Waals surface area contributed by atoms with Crippen LogP contribution in [-0.2, 0) is 11.2 Å². The van der Waals surface area contributed by atoms with Crippen LogP contribution in [0.2, 0.25) is 0 Å². The van der Waals surface area contributed by atoms with Gasteiger partial charge in [0, 0.05) is 12.6 Å². The van der Waals surface area contributed by atoms with E-state index in [0.29, 0.717) is 23.7 Å². The number of para-hydroxylation sites is 1. The number of benzene rings is 2. The van der Waals surface area contributed by atoms with Crippen molar-refractivity contribution < 1.29 is 19.0 Å². The lowest BCUT2D eigenvalue weighted by Gasteiger charge is -2.14. The first-order valence-electron chi connectivity index (χ1n) is 8.55. The second kappa shape index (κ2) is 7.37. The van der Waals surface area contributed by atoms with Crippen LogP contribution in [0.4, 0.5) is 5.69 Å². The molecule has 1 atom stereocenters. The SMILES string of the molecule is COc1ccc(Oc2ncccc2NC(=O)C2Cc3ccccc3O2)cc1. The second-order valence-electron chi connectivity index (χ2n) is 6.04. The van der Waals surface area contributed by atoms with Crippen molar-refractivity contribution in [2.75, 3.05) is 12.4 Å². The molecule has 0 aliphatic carbocycles. The van der Waals surface area contributed by atoms with Crippen molar-refractivity contribution in [3.8, 4) is 23.1 Å². The van der Waals surface area contributed by atoms with Gasteiger partial charge in [-0.1, -0.05) is 18.2 Å². The Bertz CT molecular complexity index is 931.